The van der Waals surface area contributed by atoms with Gasteiger partial charge in [0, 0.05) is 49.2 Å². The van der Waals surface area contributed by atoms with Gasteiger partial charge in [-0.15, -0.1) is 0 Å². The van der Waals surface area contributed by atoms with Crippen LogP contribution in [0.1, 0.15) is 23.5 Å². The Bertz CT molecular complexity index is 904. The van der Waals surface area contributed by atoms with Gasteiger partial charge in [-0.25, -0.2) is 4.79 Å². The predicted molar refractivity (Wildman–Crippen MR) is 99.0 cm³/mol. The van der Waals surface area contributed by atoms with Crippen molar-refractivity contribution in [2.75, 3.05) is 33.7 Å². The first-order valence-electron chi connectivity index (χ1n) is 9.37. The summed E-state index contributed by atoms with van der Waals surface area (Å²) in [6, 6.07) is 6.92. The fourth-order valence-electron chi connectivity index (χ4n) is 5.30. The molecule has 5 rings (SSSR count). The number of nitrogens with zero attached hydrogens (tertiary/aromatic N) is 3. The summed E-state index contributed by atoms with van der Waals surface area (Å²) in [5.74, 6) is 0.772. The molecule has 2 saturated heterocycles. The Hall–Kier alpha value is -2.34. The van der Waals surface area contributed by atoms with Crippen LogP contribution in [0.25, 0.3) is 10.9 Å². The van der Waals surface area contributed by atoms with Gasteiger partial charge >= 0.3 is 6.03 Å². The molecule has 3 aliphatic rings. The molecule has 6 heteroatoms. The number of likely N-dealkylation sites (N-methyl/N-ethyl adjacent to an activating group) is 2. The molecular formula is C20H24N4O2. The third-order valence-corrected chi connectivity index (χ3v) is 6.55. The van der Waals surface area contributed by atoms with Crippen LogP contribution < -0.4 is 0 Å². The fraction of sp³-hybridized carbons (Fsp3) is 0.500. The maximum atomic E-state index is 12.2. The number of aromatic nitrogens is 1. The minimum atomic E-state index is -0.154. The van der Waals surface area contributed by atoms with Gasteiger partial charge in [-0.05, 0) is 43.0 Å². The molecule has 26 heavy (non-hydrogen) atoms. The molecule has 0 bridgehead atoms. The smallest absolute Gasteiger partial charge is 0.326 e. The topological polar surface area (TPSA) is 59.7 Å². The quantitative estimate of drug-likeness (QED) is 0.842. The second kappa shape index (κ2) is 5.58. The molecule has 6 nitrogen and oxygen atoms in total. The van der Waals surface area contributed by atoms with Crippen molar-refractivity contribution in [1.82, 2.24) is 19.7 Å². The molecule has 0 radical (unpaired) electrons. The lowest BCUT2D eigenvalue weighted by molar-refractivity contribution is -0.124. The number of rotatable bonds is 2. The monoisotopic (exact) mass is 352 g/mol. The fourth-order valence-corrected chi connectivity index (χ4v) is 5.30. The van der Waals surface area contributed by atoms with E-state index in [4.69, 9.17) is 0 Å². The van der Waals surface area contributed by atoms with Crippen LogP contribution in [-0.4, -0.2) is 71.4 Å². The maximum absolute atomic E-state index is 12.2. The molecule has 0 spiro atoms. The van der Waals surface area contributed by atoms with E-state index < -0.39 is 0 Å². The molecule has 1 N–H and O–H groups in total. The van der Waals surface area contributed by atoms with Crippen molar-refractivity contribution in [2.45, 2.75) is 24.8 Å². The Morgan fingerprint density at radius 2 is 2.08 bits per heavy atom. The van der Waals surface area contributed by atoms with Gasteiger partial charge in [0.1, 0.15) is 6.54 Å². The van der Waals surface area contributed by atoms with Crippen LogP contribution in [0.15, 0.2) is 24.4 Å². The number of imide groups is 1. The number of H-pyrrole nitrogens is 1. The van der Waals surface area contributed by atoms with E-state index in [1.165, 1.54) is 26.9 Å². The lowest BCUT2D eigenvalue weighted by Gasteiger charge is -2.46. The van der Waals surface area contributed by atoms with Crippen molar-refractivity contribution in [1.29, 1.82) is 0 Å². The van der Waals surface area contributed by atoms with Gasteiger partial charge in [-0.2, -0.15) is 0 Å². The largest absolute Gasteiger partial charge is 0.361 e. The highest BCUT2D eigenvalue weighted by Gasteiger charge is 2.41. The highest BCUT2D eigenvalue weighted by atomic mass is 16.2. The average molecular weight is 352 g/mol. The van der Waals surface area contributed by atoms with E-state index in [1.807, 2.05) is 0 Å². The Balaban J connectivity index is 1.43. The number of aromatic amines is 1. The molecule has 3 atom stereocenters. The van der Waals surface area contributed by atoms with Gasteiger partial charge in [-0.1, -0.05) is 12.1 Å². The van der Waals surface area contributed by atoms with Crippen LogP contribution in [0.2, 0.25) is 0 Å². The first-order chi connectivity index (χ1) is 12.5. The molecule has 2 aromatic rings. The highest BCUT2D eigenvalue weighted by molar-refractivity contribution is 6.01. The number of hydrogen-bond acceptors (Lipinski definition) is 3. The summed E-state index contributed by atoms with van der Waals surface area (Å²) >= 11 is 0. The van der Waals surface area contributed by atoms with Crippen LogP contribution in [0.5, 0.6) is 0 Å². The minimum absolute atomic E-state index is 0.101. The number of benzene rings is 1. The zero-order valence-corrected chi connectivity index (χ0v) is 15.2. The van der Waals surface area contributed by atoms with Crippen LogP contribution in [-0.2, 0) is 11.2 Å². The molecule has 1 aromatic heterocycles. The lowest BCUT2D eigenvalue weighted by Crippen LogP contribution is -2.50. The molecular weight excluding hydrogens is 328 g/mol. The number of hydrogen-bond donors (Lipinski definition) is 1. The van der Waals surface area contributed by atoms with Crippen molar-refractivity contribution in [3.05, 3.63) is 35.5 Å². The lowest BCUT2D eigenvalue weighted by atomic mass is 9.72. The zero-order chi connectivity index (χ0) is 18.0. The Morgan fingerprint density at radius 1 is 1.23 bits per heavy atom. The number of likely N-dealkylation sites (tertiary alicyclic amines) is 1. The molecule has 2 fully saturated rings. The first kappa shape index (κ1) is 15.9. The second-order valence-corrected chi connectivity index (χ2v) is 8.12. The highest BCUT2D eigenvalue weighted by Crippen LogP contribution is 2.44. The van der Waals surface area contributed by atoms with Crippen molar-refractivity contribution < 1.29 is 9.59 Å². The third kappa shape index (κ3) is 2.21. The van der Waals surface area contributed by atoms with Gasteiger partial charge < -0.3 is 14.8 Å². The third-order valence-electron chi connectivity index (χ3n) is 6.55. The molecule has 0 unspecified atom stereocenters. The molecule has 1 aromatic carbocycles. The Kier molecular flexibility index (Phi) is 3.41. The maximum Gasteiger partial charge on any atom is 0.326 e. The minimum Gasteiger partial charge on any atom is -0.361 e. The summed E-state index contributed by atoms with van der Waals surface area (Å²) in [6.45, 7) is 1.86. The van der Waals surface area contributed by atoms with Crippen LogP contribution in [0, 0.1) is 5.92 Å². The normalized spacial score (nSPS) is 28.9. The van der Waals surface area contributed by atoms with Gasteiger partial charge in [-0.3, -0.25) is 9.69 Å². The Labute approximate surface area is 152 Å². The number of nitrogens with one attached hydrogen (secondary N) is 1. The van der Waals surface area contributed by atoms with Crippen molar-refractivity contribution in [2.24, 2.45) is 5.92 Å². The van der Waals surface area contributed by atoms with Crippen LogP contribution in [0.3, 0.4) is 0 Å². The van der Waals surface area contributed by atoms with E-state index in [-0.39, 0.29) is 18.5 Å². The standard InChI is InChI=1S/C20H24N4O2/c1-22-9-12(10-24-11-18(25)23(2)20(24)26)6-15-14-4-3-5-16-19(14)13(8-21-16)7-17(15)22/h3-5,8,12,15,17,21H,6-7,9-11H2,1-2H3/t12-,15-,17-/m1/s1. The zero-order valence-electron chi connectivity index (χ0n) is 15.2. The molecule has 0 saturated carbocycles. The van der Waals surface area contributed by atoms with E-state index in [0.29, 0.717) is 24.4 Å². The van der Waals surface area contributed by atoms with E-state index in [0.717, 1.165) is 19.4 Å². The van der Waals surface area contributed by atoms with Crippen molar-refractivity contribution >= 4 is 22.8 Å². The van der Waals surface area contributed by atoms with Gasteiger partial charge in [0.05, 0.1) is 0 Å². The van der Waals surface area contributed by atoms with Gasteiger partial charge in [0.2, 0.25) is 5.91 Å². The number of fused-ring (bicyclic) bond motifs is 2. The van der Waals surface area contributed by atoms with Crippen LogP contribution in [0.4, 0.5) is 4.79 Å². The summed E-state index contributed by atoms with van der Waals surface area (Å²) in [6.07, 6.45) is 4.31. The number of carbonyl (C=O) groups is 2. The van der Waals surface area contributed by atoms with Gasteiger partial charge in [0.25, 0.3) is 0 Å². The van der Waals surface area contributed by atoms with Gasteiger partial charge in [0.15, 0.2) is 0 Å². The van der Waals surface area contributed by atoms with Crippen LogP contribution >= 0.6 is 0 Å². The summed E-state index contributed by atoms with van der Waals surface area (Å²) in [5, 5.41) is 1.40. The second-order valence-electron chi connectivity index (χ2n) is 8.12. The number of piperidine rings is 1. The summed E-state index contributed by atoms with van der Waals surface area (Å²) in [5.41, 5.74) is 4.08. The van der Waals surface area contributed by atoms with Crippen molar-refractivity contribution in [3.8, 4) is 0 Å². The molecule has 1 aliphatic carbocycles. The summed E-state index contributed by atoms with van der Waals surface area (Å²) in [4.78, 5) is 32.9. The number of carbonyl (C=O) groups excluding carboxylic acids is 2. The SMILES string of the molecule is CN1C(=O)CN(C[C@@H]2C[C@@H]3c4cccc5[nH]cc(c45)C[C@H]3N(C)C2)C1=O. The summed E-state index contributed by atoms with van der Waals surface area (Å²) in [7, 11) is 3.77. The van der Waals surface area contributed by atoms with Crippen molar-refractivity contribution in [3.63, 3.8) is 0 Å². The van der Waals surface area contributed by atoms with E-state index >= 15 is 0 Å². The van der Waals surface area contributed by atoms with E-state index in [1.54, 1.807) is 11.9 Å². The average Bonchev–Trinajstić information content (AvgIpc) is 3.14. The Morgan fingerprint density at radius 3 is 2.85 bits per heavy atom. The molecule has 3 amide bonds. The molecule has 2 aliphatic heterocycles. The first-order valence-corrected chi connectivity index (χ1v) is 9.37. The number of amides is 3. The predicted octanol–water partition coefficient (Wildman–Crippen LogP) is 2.02. The number of urea groups is 1. The summed E-state index contributed by atoms with van der Waals surface area (Å²) < 4.78 is 0. The molecule has 3 heterocycles. The van der Waals surface area contributed by atoms with E-state index in [9.17, 15) is 9.59 Å². The van der Waals surface area contributed by atoms with E-state index in [2.05, 4.69) is 41.3 Å². The molecule has 136 valence electrons.